The standard InChI is InChI=1S/C17H27BrClN/c1-3-5-6-7-8-9-10-17(20-4-2)15-12-11-14(18)13-16(15)19/h11-13,17,20H,3-10H2,1-2H3. The molecular weight excluding hydrogens is 334 g/mol. The Labute approximate surface area is 137 Å². The molecule has 1 nitrogen and oxygen atoms in total. The summed E-state index contributed by atoms with van der Waals surface area (Å²) in [4.78, 5) is 0. The predicted octanol–water partition coefficient (Wildman–Crippen LogP) is 6.50. The zero-order chi connectivity index (χ0) is 14.8. The quantitative estimate of drug-likeness (QED) is 0.469. The number of hydrogen-bond donors (Lipinski definition) is 1. The van der Waals surface area contributed by atoms with Crippen molar-refractivity contribution in [2.24, 2.45) is 0 Å². The normalized spacial score (nSPS) is 12.6. The van der Waals surface area contributed by atoms with E-state index in [0.717, 1.165) is 16.0 Å². The Kier molecular flexibility index (Phi) is 9.58. The van der Waals surface area contributed by atoms with Crippen LogP contribution in [0.4, 0.5) is 0 Å². The first-order valence-electron chi connectivity index (χ1n) is 7.87. The third-order valence-electron chi connectivity index (χ3n) is 3.63. The first-order chi connectivity index (χ1) is 9.69. The van der Waals surface area contributed by atoms with E-state index < -0.39 is 0 Å². The van der Waals surface area contributed by atoms with Gasteiger partial charge in [0.05, 0.1) is 0 Å². The highest BCUT2D eigenvalue weighted by molar-refractivity contribution is 9.10. The lowest BCUT2D eigenvalue weighted by atomic mass is 9.99. The molecule has 0 radical (unpaired) electrons. The second kappa shape index (κ2) is 10.6. The van der Waals surface area contributed by atoms with Crippen molar-refractivity contribution in [1.29, 1.82) is 0 Å². The molecule has 1 rings (SSSR count). The first kappa shape index (κ1) is 18.0. The van der Waals surface area contributed by atoms with Crippen molar-refractivity contribution >= 4 is 27.5 Å². The molecule has 3 heteroatoms. The van der Waals surface area contributed by atoms with Crippen molar-refractivity contribution < 1.29 is 0 Å². The van der Waals surface area contributed by atoms with Gasteiger partial charge in [0.15, 0.2) is 0 Å². The molecule has 114 valence electrons. The monoisotopic (exact) mass is 359 g/mol. The van der Waals surface area contributed by atoms with Gasteiger partial charge in [0.2, 0.25) is 0 Å². The van der Waals surface area contributed by atoms with Crippen LogP contribution in [-0.2, 0) is 0 Å². The summed E-state index contributed by atoms with van der Waals surface area (Å²) in [5.74, 6) is 0. The Balaban J connectivity index is 2.47. The van der Waals surface area contributed by atoms with Gasteiger partial charge < -0.3 is 5.32 Å². The fraction of sp³-hybridized carbons (Fsp3) is 0.647. The van der Waals surface area contributed by atoms with Crippen molar-refractivity contribution in [1.82, 2.24) is 5.32 Å². The van der Waals surface area contributed by atoms with E-state index in [2.05, 4.69) is 47.2 Å². The van der Waals surface area contributed by atoms with Gasteiger partial charge in [-0.2, -0.15) is 0 Å². The fourth-order valence-corrected chi connectivity index (χ4v) is 3.33. The van der Waals surface area contributed by atoms with Crippen molar-refractivity contribution in [2.75, 3.05) is 6.54 Å². The molecule has 0 heterocycles. The Bertz CT molecular complexity index is 381. The van der Waals surface area contributed by atoms with Crippen LogP contribution in [0.25, 0.3) is 0 Å². The molecule has 0 fully saturated rings. The Morgan fingerprint density at radius 3 is 2.45 bits per heavy atom. The average Bonchev–Trinajstić information content (AvgIpc) is 2.42. The van der Waals surface area contributed by atoms with Crippen LogP contribution in [0.2, 0.25) is 5.02 Å². The highest BCUT2D eigenvalue weighted by Crippen LogP contribution is 2.29. The molecule has 0 aliphatic heterocycles. The maximum Gasteiger partial charge on any atom is 0.0465 e. The third-order valence-corrected chi connectivity index (χ3v) is 4.46. The van der Waals surface area contributed by atoms with E-state index in [-0.39, 0.29) is 0 Å². The van der Waals surface area contributed by atoms with Gasteiger partial charge in [0.1, 0.15) is 0 Å². The number of rotatable bonds is 10. The summed E-state index contributed by atoms with van der Waals surface area (Å²) in [5.41, 5.74) is 1.23. The first-order valence-corrected chi connectivity index (χ1v) is 9.04. The van der Waals surface area contributed by atoms with E-state index in [0.29, 0.717) is 6.04 Å². The summed E-state index contributed by atoms with van der Waals surface area (Å²) in [7, 11) is 0. The van der Waals surface area contributed by atoms with Crippen LogP contribution in [0.3, 0.4) is 0 Å². The van der Waals surface area contributed by atoms with E-state index in [4.69, 9.17) is 11.6 Å². The molecule has 0 saturated heterocycles. The zero-order valence-corrected chi connectivity index (χ0v) is 15.1. The van der Waals surface area contributed by atoms with E-state index in [1.165, 1.54) is 50.5 Å². The van der Waals surface area contributed by atoms with Gasteiger partial charge >= 0.3 is 0 Å². The SMILES string of the molecule is CCCCCCCCC(NCC)c1ccc(Br)cc1Cl. The molecule has 0 aliphatic carbocycles. The van der Waals surface area contributed by atoms with Crippen LogP contribution < -0.4 is 5.32 Å². The topological polar surface area (TPSA) is 12.0 Å². The fourth-order valence-electron chi connectivity index (χ4n) is 2.53. The minimum Gasteiger partial charge on any atom is -0.310 e. The number of halogens is 2. The maximum absolute atomic E-state index is 6.37. The maximum atomic E-state index is 6.37. The lowest BCUT2D eigenvalue weighted by Crippen LogP contribution is -2.21. The summed E-state index contributed by atoms with van der Waals surface area (Å²) in [6, 6.07) is 6.58. The van der Waals surface area contributed by atoms with Gasteiger partial charge in [-0.1, -0.05) is 86.0 Å². The lowest BCUT2D eigenvalue weighted by Gasteiger charge is -2.20. The van der Waals surface area contributed by atoms with Crippen LogP contribution >= 0.6 is 27.5 Å². The predicted molar refractivity (Wildman–Crippen MR) is 93.6 cm³/mol. The molecule has 0 aromatic heterocycles. The number of nitrogens with one attached hydrogen (secondary N) is 1. The molecular formula is C17H27BrClN. The van der Waals surface area contributed by atoms with Crippen LogP contribution in [0, 0.1) is 0 Å². The highest BCUT2D eigenvalue weighted by Gasteiger charge is 2.13. The van der Waals surface area contributed by atoms with Gasteiger partial charge in [-0.15, -0.1) is 0 Å². The van der Waals surface area contributed by atoms with Crippen LogP contribution in [0.5, 0.6) is 0 Å². The summed E-state index contributed by atoms with van der Waals surface area (Å²) in [6.45, 7) is 5.39. The molecule has 0 bridgehead atoms. The van der Waals surface area contributed by atoms with Gasteiger partial charge in [-0.3, -0.25) is 0 Å². The summed E-state index contributed by atoms with van der Waals surface area (Å²) in [5, 5.41) is 4.42. The zero-order valence-electron chi connectivity index (χ0n) is 12.7. The smallest absolute Gasteiger partial charge is 0.0465 e. The van der Waals surface area contributed by atoms with Crippen molar-refractivity contribution in [3.63, 3.8) is 0 Å². The summed E-state index contributed by atoms with van der Waals surface area (Å²) in [6.07, 6.45) is 9.19. The Morgan fingerprint density at radius 2 is 1.80 bits per heavy atom. The number of unbranched alkanes of at least 4 members (excludes halogenated alkanes) is 5. The molecule has 1 aromatic carbocycles. The molecule has 20 heavy (non-hydrogen) atoms. The molecule has 0 amide bonds. The molecule has 1 atom stereocenters. The van der Waals surface area contributed by atoms with Gasteiger partial charge in [-0.25, -0.2) is 0 Å². The third kappa shape index (κ3) is 6.60. The molecule has 1 N–H and O–H groups in total. The molecule has 1 aromatic rings. The Morgan fingerprint density at radius 1 is 1.10 bits per heavy atom. The minimum absolute atomic E-state index is 0.381. The van der Waals surface area contributed by atoms with Crippen molar-refractivity contribution in [3.8, 4) is 0 Å². The summed E-state index contributed by atoms with van der Waals surface area (Å²) < 4.78 is 1.04. The summed E-state index contributed by atoms with van der Waals surface area (Å²) >= 11 is 9.84. The molecule has 0 spiro atoms. The second-order valence-electron chi connectivity index (χ2n) is 5.33. The average molecular weight is 361 g/mol. The van der Waals surface area contributed by atoms with E-state index in [9.17, 15) is 0 Å². The van der Waals surface area contributed by atoms with Crippen LogP contribution in [-0.4, -0.2) is 6.54 Å². The largest absolute Gasteiger partial charge is 0.310 e. The second-order valence-corrected chi connectivity index (χ2v) is 6.66. The van der Waals surface area contributed by atoms with Gasteiger partial charge in [0.25, 0.3) is 0 Å². The Hall–Kier alpha value is -0.0500. The molecule has 0 aliphatic rings. The van der Waals surface area contributed by atoms with Crippen LogP contribution in [0.15, 0.2) is 22.7 Å². The van der Waals surface area contributed by atoms with E-state index in [1.54, 1.807) is 0 Å². The van der Waals surface area contributed by atoms with Gasteiger partial charge in [0, 0.05) is 15.5 Å². The van der Waals surface area contributed by atoms with E-state index >= 15 is 0 Å². The number of benzene rings is 1. The van der Waals surface area contributed by atoms with Gasteiger partial charge in [-0.05, 0) is 30.7 Å². The van der Waals surface area contributed by atoms with E-state index in [1.807, 2.05) is 6.07 Å². The van der Waals surface area contributed by atoms with Crippen LogP contribution in [0.1, 0.15) is 70.4 Å². The highest BCUT2D eigenvalue weighted by atomic mass is 79.9. The molecule has 0 saturated carbocycles. The number of hydrogen-bond acceptors (Lipinski definition) is 1. The minimum atomic E-state index is 0.381. The van der Waals surface area contributed by atoms with Crippen molar-refractivity contribution in [3.05, 3.63) is 33.3 Å². The lowest BCUT2D eigenvalue weighted by molar-refractivity contribution is 0.477. The molecule has 1 unspecified atom stereocenters. The van der Waals surface area contributed by atoms with Crippen molar-refractivity contribution in [2.45, 2.75) is 64.8 Å².